The highest BCUT2D eigenvalue weighted by molar-refractivity contribution is 5.94. The highest BCUT2D eigenvalue weighted by Crippen LogP contribution is 2.18. The number of hydrogen-bond donors (Lipinski definition) is 1. The number of carbonyl (C=O) groups excluding carboxylic acids is 1. The van der Waals surface area contributed by atoms with Crippen LogP contribution in [0.3, 0.4) is 0 Å². The van der Waals surface area contributed by atoms with E-state index >= 15 is 0 Å². The number of aromatic nitrogens is 2. The second kappa shape index (κ2) is 7.82. The monoisotopic (exact) mass is 365 g/mol. The van der Waals surface area contributed by atoms with Crippen LogP contribution in [0.25, 0.3) is 5.65 Å². The zero-order valence-corrected chi connectivity index (χ0v) is 16.5. The first-order valence-electron chi connectivity index (χ1n) is 9.25. The maximum Gasteiger partial charge on any atom is 0.251 e. The predicted molar refractivity (Wildman–Crippen MR) is 107 cm³/mol. The normalized spacial score (nSPS) is 11.6. The molecule has 0 radical (unpaired) electrons. The fourth-order valence-electron chi connectivity index (χ4n) is 2.76. The lowest BCUT2D eigenvalue weighted by molar-refractivity contribution is 0.0949. The van der Waals surface area contributed by atoms with Gasteiger partial charge in [-0.2, -0.15) is 0 Å². The Balaban J connectivity index is 1.60. The zero-order valence-electron chi connectivity index (χ0n) is 16.5. The molecule has 1 amide bonds. The van der Waals surface area contributed by atoms with E-state index in [-0.39, 0.29) is 11.3 Å². The molecule has 0 unspecified atom stereocenters. The fourth-order valence-corrected chi connectivity index (χ4v) is 2.76. The Kier molecular flexibility index (Phi) is 5.49. The first-order valence-corrected chi connectivity index (χ1v) is 9.25. The topological polar surface area (TPSA) is 55.6 Å². The predicted octanol–water partition coefficient (Wildman–Crippen LogP) is 4.39. The summed E-state index contributed by atoms with van der Waals surface area (Å²) in [5.74, 6) is 0.583. The number of pyridine rings is 1. The largest absolute Gasteiger partial charge is 0.487 e. The van der Waals surface area contributed by atoms with Crippen molar-refractivity contribution in [2.75, 3.05) is 6.54 Å². The van der Waals surface area contributed by atoms with Crippen molar-refractivity contribution in [2.24, 2.45) is 5.41 Å². The summed E-state index contributed by atoms with van der Waals surface area (Å²) in [6.45, 7) is 9.55. The molecule has 0 fully saturated rings. The smallest absolute Gasteiger partial charge is 0.251 e. The first-order chi connectivity index (χ1) is 12.8. The molecular weight excluding hydrogens is 338 g/mol. The van der Waals surface area contributed by atoms with Crippen molar-refractivity contribution in [3.05, 3.63) is 65.6 Å². The van der Waals surface area contributed by atoms with Crippen LogP contribution in [-0.4, -0.2) is 21.8 Å². The number of nitrogens with zero attached hydrogens (tertiary/aromatic N) is 2. The van der Waals surface area contributed by atoms with E-state index in [1.165, 1.54) is 5.56 Å². The number of nitrogens with one attached hydrogen (secondary N) is 1. The molecule has 3 aromatic rings. The first kappa shape index (κ1) is 19.0. The van der Waals surface area contributed by atoms with Gasteiger partial charge in [-0.3, -0.25) is 4.79 Å². The van der Waals surface area contributed by atoms with Gasteiger partial charge < -0.3 is 14.5 Å². The Bertz CT molecular complexity index is 938. The number of ether oxygens (including phenoxy) is 1. The molecule has 0 aliphatic heterocycles. The van der Waals surface area contributed by atoms with Crippen molar-refractivity contribution in [2.45, 2.75) is 40.7 Å². The van der Waals surface area contributed by atoms with Crippen LogP contribution in [0, 0.1) is 12.3 Å². The lowest BCUT2D eigenvalue weighted by Crippen LogP contribution is -2.27. The maximum atomic E-state index is 12.3. The van der Waals surface area contributed by atoms with Crippen LogP contribution in [0.2, 0.25) is 0 Å². The van der Waals surface area contributed by atoms with Crippen LogP contribution >= 0.6 is 0 Å². The summed E-state index contributed by atoms with van der Waals surface area (Å²) in [7, 11) is 0. The molecule has 1 N–H and O–H groups in total. The van der Waals surface area contributed by atoms with Crippen molar-refractivity contribution in [1.82, 2.24) is 14.7 Å². The van der Waals surface area contributed by atoms with E-state index in [0.717, 1.165) is 17.8 Å². The molecule has 0 saturated carbocycles. The molecule has 0 bridgehead atoms. The summed E-state index contributed by atoms with van der Waals surface area (Å²) >= 11 is 0. The Hall–Kier alpha value is -2.82. The third-order valence-electron chi connectivity index (χ3n) is 4.29. The Morgan fingerprint density at radius 2 is 2.00 bits per heavy atom. The van der Waals surface area contributed by atoms with Crippen molar-refractivity contribution in [3.63, 3.8) is 0 Å². The van der Waals surface area contributed by atoms with E-state index in [9.17, 15) is 4.79 Å². The minimum absolute atomic E-state index is 0.0760. The van der Waals surface area contributed by atoms with Crippen LogP contribution in [0.5, 0.6) is 5.75 Å². The minimum atomic E-state index is -0.0760. The lowest BCUT2D eigenvalue weighted by atomic mass is 9.92. The fraction of sp³-hybridized carbons (Fsp3) is 0.364. The van der Waals surface area contributed by atoms with Crippen LogP contribution in [0.15, 0.2) is 48.8 Å². The van der Waals surface area contributed by atoms with Gasteiger partial charge in [-0.15, -0.1) is 0 Å². The van der Waals surface area contributed by atoms with Crippen LogP contribution in [0.4, 0.5) is 0 Å². The molecule has 2 heterocycles. The number of hydrogen-bond acceptors (Lipinski definition) is 3. The van der Waals surface area contributed by atoms with Crippen LogP contribution in [0.1, 0.15) is 48.8 Å². The molecule has 0 atom stereocenters. The van der Waals surface area contributed by atoms with E-state index in [0.29, 0.717) is 24.5 Å². The molecule has 0 aliphatic carbocycles. The van der Waals surface area contributed by atoms with Gasteiger partial charge in [-0.05, 0) is 48.6 Å². The average Bonchev–Trinajstić information content (AvgIpc) is 3.01. The van der Waals surface area contributed by atoms with E-state index in [2.05, 4.69) is 31.1 Å². The van der Waals surface area contributed by atoms with Gasteiger partial charge in [-0.1, -0.05) is 32.9 Å². The Morgan fingerprint density at radius 3 is 2.78 bits per heavy atom. The van der Waals surface area contributed by atoms with Crippen molar-refractivity contribution in [3.8, 4) is 5.75 Å². The molecule has 5 nitrogen and oxygen atoms in total. The molecule has 142 valence electrons. The van der Waals surface area contributed by atoms with E-state index in [1.807, 2.05) is 48.0 Å². The number of fused-ring (bicyclic) bond motifs is 1. The third-order valence-corrected chi connectivity index (χ3v) is 4.29. The summed E-state index contributed by atoms with van der Waals surface area (Å²) in [5, 5.41) is 2.97. The summed E-state index contributed by atoms with van der Waals surface area (Å²) < 4.78 is 7.84. The molecule has 3 rings (SSSR count). The summed E-state index contributed by atoms with van der Waals surface area (Å²) in [6, 6.07) is 11.3. The van der Waals surface area contributed by atoms with Gasteiger partial charge >= 0.3 is 0 Å². The molecule has 1 aromatic carbocycles. The number of aryl methyl sites for hydroxylation is 1. The van der Waals surface area contributed by atoms with E-state index < -0.39 is 0 Å². The van der Waals surface area contributed by atoms with Crippen LogP contribution in [-0.2, 0) is 6.61 Å². The molecule has 0 aliphatic rings. The standard InChI is InChI=1S/C22H27N3O2/c1-16-8-9-20-24-18(14-25(20)13-16)15-27-19-7-5-6-17(12-19)21(26)23-11-10-22(2,3)4/h5-9,12-14H,10-11,15H2,1-4H3,(H,23,26). The van der Waals surface area contributed by atoms with Gasteiger partial charge in [-0.25, -0.2) is 4.98 Å². The summed E-state index contributed by atoms with van der Waals surface area (Å²) in [4.78, 5) is 16.9. The zero-order chi connectivity index (χ0) is 19.4. The highest BCUT2D eigenvalue weighted by atomic mass is 16.5. The Labute approximate surface area is 160 Å². The number of carbonyl (C=O) groups is 1. The molecular formula is C22H27N3O2. The maximum absolute atomic E-state index is 12.3. The van der Waals surface area contributed by atoms with Crippen molar-refractivity contribution in [1.29, 1.82) is 0 Å². The Morgan fingerprint density at radius 1 is 1.19 bits per heavy atom. The second-order valence-corrected chi connectivity index (χ2v) is 8.09. The number of rotatable bonds is 6. The summed E-state index contributed by atoms with van der Waals surface area (Å²) in [6.07, 6.45) is 4.93. The molecule has 5 heteroatoms. The SMILES string of the molecule is Cc1ccc2nc(COc3cccc(C(=O)NCCC(C)(C)C)c3)cn2c1. The second-order valence-electron chi connectivity index (χ2n) is 8.09. The van der Waals surface area contributed by atoms with E-state index in [1.54, 1.807) is 12.1 Å². The van der Waals surface area contributed by atoms with Gasteiger partial charge in [0.15, 0.2) is 0 Å². The van der Waals surface area contributed by atoms with Gasteiger partial charge in [0.1, 0.15) is 18.0 Å². The number of amides is 1. The molecule has 0 spiro atoms. The molecule has 2 aromatic heterocycles. The van der Waals surface area contributed by atoms with Crippen LogP contribution < -0.4 is 10.1 Å². The lowest BCUT2D eigenvalue weighted by Gasteiger charge is -2.18. The average molecular weight is 365 g/mol. The van der Waals surface area contributed by atoms with Gasteiger partial charge in [0, 0.05) is 24.5 Å². The summed E-state index contributed by atoms with van der Waals surface area (Å²) in [5.41, 5.74) is 3.72. The highest BCUT2D eigenvalue weighted by Gasteiger charge is 2.12. The quantitative estimate of drug-likeness (QED) is 0.705. The van der Waals surface area contributed by atoms with E-state index in [4.69, 9.17) is 4.74 Å². The van der Waals surface area contributed by atoms with Crippen molar-refractivity contribution < 1.29 is 9.53 Å². The minimum Gasteiger partial charge on any atom is -0.487 e. The molecule has 0 saturated heterocycles. The molecule has 27 heavy (non-hydrogen) atoms. The van der Waals surface area contributed by atoms with Gasteiger partial charge in [0.25, 0.3) is 5.91 Å². The number of imidazole rings is 1. The third kappa shape index (κ3) is 5.33. The number of benzene rings is 1. The van der Waals surface area contributed by atoms with Gasteiger partial charge in [0.2, 0.25) is 0 Å². The van der Waals surface area contributed by atoms with Crippen molar-refractivity contribution >= 4 is 11.6 Å². The van der Waals surface area contributed by atoms with Gasteiger partial charge in [0.05, 0.1) is 5.69 Å².